The first-order chi connectivity index (χ1) is 9.11. The number of hydrogen-bond acceptors (Lipinski definition) is 2. The van der Waals surface area contributed by atoms with Gasteiger partial charge in [-0.2, -0.15) is 5.10 Å². The van der Waals surface area contributed by atoms with Crippen LogP contribution in [0.25, 0.3) is 0 Å². The quantitative estimate of drug-likeness (QED) is 0.919. The van der Waals surface area contributed by atoms with E-state index in [1.54, 1.807) is 29.9 Å². The Hall–Kier alpha value is -2.17. The third-order valence-electron chi connectivity index (χ3n) is 2.82. The zero-order chi connectivity index (χ0) is 13.8. The molecule has 0 unspecified atom stereocenters. The maximum absolute atomic E-state index is 13.0. The fourth-order valence-electron chi connectivity index (χ4n) is 1.87. The fraction of sp³-hybridized carbons (Fsp3) is 0.286. The highest BCUT2D eigenvalue weighted by molar-refractivity contribution is 6.03. The summed E-state index contributed by atoms with van der Waals surface area (Å²) in [5, 5.41) is 6.87. The van der Waals surface area contributed by atoms with Crippen molar-refractivity contribution in [1.29, 1.82) is 0 Å². The number of benzene rings is 1. The molecule has 0 atom stereocenters. The number of halogens is 1. The summed E-state index contributed by atoms with van der Waals surface area (Å²) in [6.45, 7) is 4.47. The highest BCUT2D eigenvalue weighted by atomic mass is 19.1. The van der Waals surface area contributed by atoms with Crippen molar-refractivity contribution in [3.05, 3.63) is 47.5 Å². The van der Waals surface area contributed by atoms with Crippen molar-refractivity contribution in [2.24, 2.45) is 0 Å². The van der Waals surface area contributed by atoms with Crippen molar-refractivity contribution < 1.29 is 9.18 Å². The Bertz CT molecular complexity index is 592. The molecule has 0 aliphatic heterocycles. The summed E-state index contributed by atoms with van der Waals surface area (Å²) in [6.07, 6.45) is 2.50. The molecule has 19 heavy (non-hydrogen) atoms. The van der Waals surface area contributed by atoms with Gasteiger partial charge >= 0.3 is 0 Å². The molecule has 1 N–H and O–H groups in total. The molecule has 0 saturated heterocycles. The number of rotatable bonds is 4. The zero-order valence-electron chi connectivity index (χ0n) is 11.0. The van der Waals surface area contributed by atoms with Crippen LogP contribution in [0.5, 0.6) is 0 Å². The van der Waals surface area contributed by atoms with Crippen molar-refractivity contribution >= 4 is 11.6 Å². The van der Waals surface area contributed by atoms with Crippen molar-refractivity contribution in [2.75, 3.05) is 5.32 Å². The summed E-state index contributed by atoms with van der Waals surface area (Å²) >= 11 is 0. The van der Waals surface area contributed by atoms with Gasteiger partial charge in [-0.1, -0.05) is 6.92 Å². The van der Waals surface area contributed by atoms with Crippen LogP contribution in [0.4, 0.5) is 10.1 Å². The number of aryl methyl sites for hydroxylation is 2. The van der Waals surface area contributed by atoms with Gasteiger partial charge in [-0.15, -0.1) is 0 Å². The fourth-order valence-corrected chi connectivity index (χ4v) is 1.87. The van der Waals surface area contributed by atoms with E-state index in [0.717, 1.165) is 6.42 Å². The first kappa shape index (κ1) is 13.3. The number of nitrogens with one attached hydrogen (secondary N) is 1. The smallest absolute Gasteiger partial charge is 0.273 e. The van der Waals surface area contributed by atoms with E-state index in [0.29, 0.717) is 23.5 Å². The highest BCUT2D eigenvalue weighted by Crippen LogP contribution is 2.16. The summed E-state index contributed by atoms with van der Waals surface area (Å²) in [5.74, 6) is -0.549. The van der Waals surface area contributed by atoms with Crippen LogP contribution in [-0.4, -0.2) is 15.7 Å². The molecule has 100 valence electrons. The molecular formula is C14H16FN3O. The second kappa shape index (κ2) is 5.65. The number of hydrogen-bond donors (Lipinski definition) is 1. The van der Waals surface area contributed by atoms with Crippen molar-refractivity contribution in [3.8, 4) is 0 Å². The van der Waals surface area contributed by atoms with Crippen molar-refractivity contribution in [1.82, 2.24) is 9.78 Å². The Kier molecular flexibility index (Phi) is 3.94. The lowest BCUT2D eigenvalue weighted by molar-refractivity contribution is 0.101. The molecule has 1 aromatic heterocycles. The molecule has 4 nitrogen and oxygen atoms in total. The standard InChI is InChI=1S/C14H16FN3O/c1-3-8-18-13(6-7-16-18)14(19)17-12-5-4-11(15)9-10(12)2/h4-7,9H,3,8H2,1-2H3,(H,17,19). The van der Waals surface area contributed by atoms with E-state index in [1.165, 1.54) is 12.1 Å². The van der Waals surface area contributed by atoms with E-state index in [4.69, 9.17) is 0 Å². The van der Waals surface area contributed by atoms with Crippen LogP contribution in [0.3, 0.4) is 0 Å². The van der Waals surface area contributed by atoms with Crippen LogP contribution < -0.4 is 5.32 Å². The van der Waals surface area contributed by atoms with E-state index in [9.17, 15) is 9.18 Å². The second-order valence-electron chi connectivity index (χ2n) is 4.35. The minimum Gasteiger partial charge on any atom is -0.320 e. The topological polar surface area (TPSA) is 46.9 Å². The van der Waals surface area contributed by atoms with E-state index in [2.05, 4.69) is 10.4 Å². The molecule has 0 spiro atoms. The minimum absolute atomic E-state index is 0.236. The van der Waals surface area contributed by atoms with Gasteiger partial charge in [0.05, 0.1) is 0 Å². The average molecular weight is 261 g/mol. The second-order valence-corrected chi connectivity index (χ2v) is 4.35. The maximum atomic E-state index is 13.0. The van der Waals surface area contributed by atoms with Gasteiger partial charge in [0.15, 0.2) is 0 Å². The molecule has 1 aromatic carbocycles. The van der Waals surface area contributed by atoms with Gasteiger partial charge in [-0.25, -0.2) is 4.39 Å². The Labute approximate surface area is 111 Å². The lowest BCUT2D eigenvalue weighted by Gasteiger charge is -2.09. The molecule has 0 fully saturated rings. The number of carbonyl (C=O) groups is 1. The third-order valence-corrected chi connectivity index (χ3v) is 2.82. The van der Waals surface area contributed by atoms with Crippen molar-refractivity contribution in [2.45, 2.75) is 26.8 Å². The molecule has 1 amide bonds. The molecule has 1 heterocycles. The van der Waals surface area contributed by atoms with Gasteiger partial charge in [-0.3, -0.25) is 9.48 Å². The van der Waals surface area contributed by atoms with Gasteiger partial charge in [0, 0.05) is 18.4 Å². The molecule has 0 bridgehead atoms. The molecule has 0 aliphatic rings. The molecule has 2 aromatic rings. The summed E-state index contributed by atoms with van der Waals surface area (Å²) in [4.78, 5) is 12.1. The van der Waals surface area contributed by atoms with E-state index < -0.39 is 0 Å². The molecule has 2 rings (SSSR count). The zero-order valence-corrected chi connectivity index (χ0v) is 11.0. The molecule has 5 heteroatoms. The first-order valence-electron chi connectivity index (χ1n) is 6.21. The van der Waals surface area contributed by atoms with Gasteiger partial charge in [0.2, 0.25) is 0 Å². The maximum Gasteiger partial charge on any atom is 0.273 e. The molecular weight excluding hydrogens is 245 g/mol. The van der Waals surface area contributed by atoms with Gasteiger partial charge in [0.1, 0.15) is 11.5 Å². The van der Waals surface area contributed by atoms with Gasteiger partial charge in [-0.05, 0) is 43.2 Å². The Morgan fingerprint density at radius 1 is 1.42 bits per heavy atom. The van der Waals surface area contributed by atoms with Crippen molar-refractivity contribution in [3.63, 3.8) is 0 Å². The summed E-state index contributed by atoms with van der Waals surface area (Å²) in [6, 6.07) is 5.94. The minimum atomic E-state index is -0.313. The average Bonchev–Trinajstić information content (AvgIpc) is 2.81. The van der Waals surface area contributed by atoms with Crippen LogP contribution >= 0.6 is 0 Å². The predicted molar refractivity (Wildman–Crippen MR) is 71.6 cm³/mol. The Morgan fingerprint density at radius 2 is 2.21 bits per heavy atom. The summed E-state index contributed by atoms with van der Waals surface area (Å²) < 4.78 is 14.7. The largest absolute Gasteiger partial charge is 0.320 e. The predicted octanol–water partition coefficient (Wildman–Crippen LogP) is 2.99. The van der Waals surface area contributed by atoms with E-state index in [1.807, 2.05) is 6.92 Å². The molecule has 0 saturated carbocycles. The van der Waals surface area contributed by atoms with Crippen LogP contribution in [-0.2, 0) is 6.54 Å². The lowest BCUT2D eigenvalue weighted by Crippen LogP contribution is -2.18. The number of aromatic nitrogens is 2. The van der Waals surface area contributed by atoms with Crippen LogP contribution in [0.1, 0.15) is 29.4 Å². The Morgan fingerprint density at radius 3 is 2.89 bits per heavy atom. The van der Waals surface area contributed by atoms with Crippen LogP contribution in [0.15, 0.2) is 30.5 Å². The van der Waals surface area contributed by atoms with Crippen LogP contribution in [0.2, 0.25) is 0 Å². The monoisotopic (exact) mass is 261 g/mol. The third kappa shape index (κ3) is 2.99. The number of anilines is 1. The summed E-state index contributed by atoms with van der Waals surface area (Å²) in [5.41, 5.74) is 1.80. The SMILES string of the molecule is CCCn1nccc1C(=O)Nc1ccc(F)cc1C. The van der Waals surface area contributed by atoms with E-state index in [-0.39, 0.29) is 11.7 Å². The number of carbonyl (C=O) groups excluding carboxylic acids is 1. The van der Waals surface area contributed by atoms with E-state index >= 15 is 0 Å². The Balaban J connectivity index is 2.18. The normalized spacial score (nSPS) is 10.5. The molecule has 0 radical (unpaired) electrons. The number of amides is 1. The first-order valence-corrected chi connectivity index (χ1v) is 6.21. The lowest BCUT2D eigenvalue weighted by atomic mass is 10.2. The van der Waals surface area contributed by atoms with Gasteiger partial charge in [0.25, 0.3) is 5.91 Å². The number of nitrogens with zero attached hydrogens (tertiary/aromatic N) is 2. The highest BCUT2D eigenvalue weighted by Gasteiger charge is 2.12. The summed E-state index contributed by atoms with van der Waals surface area (Å²) in [7, 11) is 0. The van der Waals surface area contributed by atoms with Crippen LogP contribution in [0, 0.1) is 12.7 Å². The molecule has 0 aliphatic carbocycles. The van der Waals surface area contributed by atoms with Gasteiger partial charge < -0.3 is 5.32 Å².